The van der Waals surface area contributed by atoms with Gasteiger partial charge in [0.25, 0.3) is 0 Å². The van der Waals surface area contributed by atoms with E-state index in [1.54, 1.807) is 17.1 Å². The lowest BCUT2D eigenvalue weighted by molar-refractivity contribution is 0.880. The van der Waals surface area contributed by atoms with Crippen molar-refractivity contribution >= 4 is 17.4 Å². The van der Waals surface area contributed by atoms with E-state index >= 15 is 0 Å². The van der Waals surface area contributed by atoms with Crippen molar-refractivity contribution in [2.24, 2.45) is 0 Å². The van der Waals surface area contributed by atoms with Gasteiger partial charge in [-0.15, -0.1) is 5.10 Å². The van der Waals surface area contributed by atoms with Gasteiger partial charge < -0.3 is 5.73 Å². The normalized spacial score (nSPS) is 10.4. The summed E-state index contributed by atoms with van der Waals surface area (Å²) in [6.07, 6.45) is 3.39. The molecule has 4 nitrogen and oxygen atoms in total. The van der Waals surface area contributed by atoms with E-state index in [-0.39, 0.29) is 0 Å². The molecule has 5 heteroatoms. The molecule has 0 aliphatic rings. The van der Waals surface area contributed by atoms with Crippen LogP contribution in [0.2, 0.25) is 5.02 Å². The minimum absolute atomic E-state index is 0.334. The number of rotatable bonds is 1. The molecule has 0 unspecified atom stereocenters. The van der Waals surface area contributed by atoms with E-state index in [0.29, 0.717) is 10.8 Å². The van der Waals surface area contributed by atoms with Gasteiger partial charge in [-0.1, -0.05) is 11.6 Å². The molecule has 0 bridgehead atoms. The zero-order valence-corrected chi connectivity index (χ0v) is 8.36. The molecule has 14 heavy (non-hydrogen) atoms. The zero-order chi connectivity index (χ0) is 10.1. The molecule has 0 atom stereocenters. The van der Waals surface area contributed by atoms with E-state index in [9.17, 15) is 0 Å². The van der Waals surface area contributed by atoms with E-state index in [4.69, 9.17) is 17.3 Å². The first-order valence-electron chi connectivity index (χ1n) is 4.10. The standard InChI is InChI=1S/C9H9ClN4/c1-6-4-7(2-3-12-6)14-5-8(10)9(11)13-14/h2-5H,1H3,(H2,11,13). The summed E-state index contributed by atoms with van der Waals surface area (Å²) in [5, 5.41) is 4.51. The highest BCUT2D eigenvalue weighted by molar-refractivity contribution is 6.32. The Hall–Kier alpha value is -1.55. The Labute approximate surface area is 86.3 Å². The maximum absolute atomic E-state index is 5.80. The largest absolute Gasteiger partial charge is 0.381 e. The Bertz CT molecular complexity index is 444. The molecule has 2 rings (SSSR count). The highest BCUT2D eigenvalue weighted by atomic mass is 35.5. The van der Waals surface area contributed by atoms with Crippen LogP contribution in [0, 0.1) is 6.92 Å². The number of nitrogens with two attached hydrogens (primary N) is 1. The number of anilines is 1. The molecule has 2 aromatic rings. The van der Waals surface area contributed by atoms with E-state index in [0.717, 1.165) is 11.4 Å². The van der Waals surface area contributed by atoms with Crippen LogP contribution < -0.4 is 5.73 Å². The second-order valence-corrected chi connectivity index (χ2v) is 3.37. The number of aryl methyl sites for hydroxylation is 1. The third-order valence-corrected chi connectivity index (χ3v) is 2.13. The molecule has 72 valence electrons. The van der Waals surface area contributed by atoms with E-state index in [1.165, 1.54) is 0 Å². The highest BCUT2D eigenvalue weighted by Crippen LogP contribution is 2.18. The summed E-state index contributed by atoms with van der Waals surface area (Å²) in [5.74, 6) is 0.334. The molecule has 0 aromatic carbocycles. The van der Waals surface area contributed by atoms with Gasteiger partial charge in [-0.2, -0.15) is 0 Å². The van der Waals surface area contributed by atoms with Gasteiger partial charge >= 0.3 is 0 Å². The van der Waals surface area contributed by atoms with Crippen molar-refractivity contribution in [2.75, 3.05) is 5.73 Å². The van der Waals surface area contributed by atoms with Crippen LogP contribution in [0.15, 0.2) is 24.5 Å². The highest BCUT2D eigenvalue weighted by Gasteiger charge is 2.04. The lowest BCUT2D eigenvalue weighted by Crippen LogP contribution is -1.97. The lowest BCUT2D eigenvalue weighted by Gasteiger charge is -2.00. The molecular formula is C9H9ClN4. The second kappa shape index (κ2) is 3.31. The van der Waals surface area contributed by atoms with Crippen LogP contribution in [0.25, 0.3) is 5.69 Å². The third-order valence-electron chi connectivity index (χ3n) is 1.84. The first kappa shape index (κ1) is 9.02. The molecule has 0 saturated carbocycles. The van der Waals surface area contributed by atoms with E-state index in [1.807, 2.05) is 19.1 Å². The molecule has 2 heterocycles. The molecule has 0 fully saturated rings. The van der Waals surface area contributed by atoms with Gasteiger partial charge in [-0.25, -0.2) is 4.68 Å². The van der Waals surface area contributed by atoms with Crippen LogP contribution >= 0.6 is 11.6 Å². The smallest absolute Gasteiger partial charge is 0.164 e. The predicted octanol–water partition coefficient (Wildman–Crippen LogP) is 1.81. The van der Waals surface area contributed by atoms with Gasteiger partial charge in [0, 0.05) is 11.9 Å². The average molecular weight is 209 g/mol. The molecule has 0 radical (unpaired) electrons. The van der Waals surface area contributed by atoms with Gasteiger partial charge in [0.1, 0.15) is 5.02 Å². The summed E-state index contributed by atoms with van der Waals surface area (Å²) < 4.78 is 1.63. The number of hydrogen-bond donors (Lipinski definition) is 1. The summed E-state index contributed by atoms with van der Waals surface area (Å²) in [4.78, 5) is 4.09. The number of nitrogens with zero attached hydrogens (tertiary/aromatic N) is 3. The van der Waals surface area contributed by atoms with Crippen molar-refractivity contribution in [3.8, 4) is 5.69 Å². The third kappa shape index (κ3) is 1.56. The van der Waals surface area contributed by atoms with Crippen molar-refractivity contribution in [1.29, 1.82) is 0 Å². The molecular weight excluding hydrogens is 200 g/mol. The minimum Gasteiger partial charge on any atom is -0.381 e. The summed E-state index contributed by atoms with van der Waals surface area (Å²) in [6, 6.07) is 3.75. The van der Waals surface area contributed by atoms with E-state index < -0.39 is 0 Å². The first-order valence-corrected chi connectivity index (χ1v) is 4.48. The van der Waals surface area contributed by atoms with Crippen LogP contribution in [0.3, 0.4) is 0 Å². The quantitative estimate of drug-likeness (QED) is 0.778. The van der Waals surface area contributed by atoms with Crippen LogP contribution in [0.1, 0.15) is 5.69 Å². The summed E-state index contributed by atoms with van der Waals surface area (Å²) in [7, 11) is 0. The van der Waals surface area contributed by atoms with Gasteiger partial charge in [0.05, 0.1) is 11.9 Å². The number of aromatic nitrogens is 3. The van der Waals surface area contributed by atoms with E-state index in [2.05, 4.69) is 10.1 Å². The topological polar surface area (TPSA) is 56.7 Å². The van der Waals surface area contributed by atoms with Crippen LogP contribution in [0.4, 0.5) is 5.82 Å². The molecule has 2 N–H and O–H groups in total. The number of halogens is 1. The number of pyridine rings is 1. The van der Waals surface area contributed by atoms with Gasteiger partial charge in [0.15, 0.2) is 5.82 Å². The molecule has 0 aliphatic heterocycles. The van der Waals surface area contributed by atoms with Crippen molar-refractivity contribution in [3.05, 3.63) is 35.2 Å². The van der Waals surface area contributed by atoms with Crippen molar-refractivity contribution in [2.45, 2.75) is 6.92 Å². The summed E-state index contributed by atoms with van der Waals surface area (Å²) in [5.41, 5.74) is 7.36. The predicted molar refractivity (Wildman–Crippen MR) is 55.5 cm³/mol. The fourth-order valence-corrected chi connectivity index (χ4v) is 1.30. The Morgan fingerprint density at radius 1 is 1.50 bits per heavy atom. The number of hydrogen-bond acceptors (Lipinski definition) is 3. The minimum atomic E-state index is 0.334. The van der Waals surface area contributed by atoms with Crippen LogP contribution in [-0.2, 0) is 0 Å². The monoisotopic (exact) mass is 208 g/mol. The molecule has 0 spiro atoms. The second-order valence-electron chi connectivity index (χ2n) is 2.96. The van der Waals surface area contributed by atoms with Crippen molar-refractivity contribution < 1.29 is 0 Å². The van der Waals surface area contributed by atoms with Gasteiger partial charge in [0.2, 0.25) is 0 Å². The molecule has 0 amide bonds. The molecule has 0 saturated heterocycles. The van der Waals surface area contributed by atoms with Crippen LogP contribution in [-0.4, -0.2) is 14.8 Å². The Kier molecular flexibility index (Phi) is 2.13. The van der Waals surface area contributed by atoms with Crippen molar-refractivity contribution in [1.82, 2.24) is 14.8 Å². The Morgan fingerprint density at radius 2 is 2.29 bits per heavy atom. The SMILES string of the molecule is Cc1cc(-n2cc(Cl)c(N)n2)ccn1. The summed E-state index contributed by atoms with van der Waals surface area (Å²) in [6.45, 7) is 1.91. The fourth-order valence-electron chi connectivity index (χ4n) is 1.17. The Balaban J connectivity index is 2.49. The number of nitrogen functional groups attached to an aromatic ring is 1. The average Bonchev–Trinajstić information content (AvgIpc) is 2.47. The Morgan fingerprint density at radius 3 is 2.86 bits per heavy atom. The van der Waals surface area contributed by atoms with Crippen molar-refractivity contribution in [3.63, 3.8) is 0 Å². The maximum Gasteiger partial charge on any atom is 0.164 e. The zero-order valence-electron chi connectivity index (χ0n) is 7.61. The maximum atomic E-state index is 5.80. The fraction of sp³-hybridized carbons (Fsp3) is 0.111. The van der Waals surface area contributed by atoms with Gasteiger partial charge in [-0.3, -0.25) is 4.98 Å². The molecule has 0 aliphatic carbocycles. The lowest BCUT2D eigenvalue weighted by atomic mass is 10.3. The summed E-state index contributed by atoms with van der Waals surface area (Å²) >= 11 is 5.80. The van der Waals surface area contributed by atoms with Crippen LogP contribution in [0.5, 0.6) is 0 Å². The van der Waals surface area contributed by atoms with Gasteiger partial charge in [-0.05, 0) is 19.1 Å². The molecule has 2 aromatic heterocycles. The first-order chi connectivity index (χ1) is 6.66.